The molecular formula is C10H12F3N5O. The Hall–Kier alpha value is -2.06. The summed E-state index contributed by atoms with van der Waals surface area (Å²) in [4.78, 5) is 15.6. The zero-order valence-corrected chi connectivity index (χ0v) is 10.1. The van der Waals surface area contributed by atoms with Crippen LogP contribution in [0.4, 0.5) is 19.0 Å². The third-order valence-electron chi connectivity index (χ3n) is 2.48. The zero-order valence-electron chi connectivity index (χ0n) is 10.1. The van der Waals surface area contributed by atoms with E-state index in [4.69, 9.17) is 0 Å². The van der Waals surface area contributed by atoms with Gasteiger partial charge >= 0.3 is 6.18 Å². The van der Waals surface area contributed by atoms with E-state index in [1.807, 2.05) is 6.92 Å². The predicted octanol–water partition coefficient (Wildman–Crippen LogP) is 1.65. The maximum atomic E-state index is 12.6. The van der Waals surface area contributed by atoms with Gasteiger partial charge in [0, 0.05) is 12.6 Å². The number of alkyl halides is 3. The molecule has 104 valence electrons. The van der Waals surface area contributed by atoms with Gasteiger partial charge < -0.3 is 5.32 Å². The number of aromatic nitrogens is 4. The molecule has 0 aliphatic carbocycles. The number of anilines is 1. The van der Waals surface area contributed by atoms with E-state index in [0.29, 0.717) is 10.9 Å². The fourth-order valence-electron chi connectivity index (χ4n) is 1.59. The van der Waals surface area contributed by atoms with Crippen LogP contribution < -0.4 is 10.9 Å². The van der Waals surface area contributed by atoms with Gasteiger partial charge in [0.25, 0.3) is 5.56 Å². The first kappa shape index (κ1) is 13.4. The van der Waals surface area contributed by atoms with Crippen molar-refractivity contribution in [3.8, 4) is 0 Å². The number of hydrogen-bond acceptors (Lipinski definition) is 4. The minimum atomic E-state index is -4.71. The molecule has 0 amide bonds. The van der Waals surface area contributed by atoms with Crippen molar-refractivity contribution >= 4 is 11.6 Å². The molecule has 0 aliphatic heterocycles. The number of hydrogen-bond donors (Lipinski definition) is 2. The normalized spacial score (nSPS) is 12.0. The summed E-state index contributed by atoms with van der Waals surface area (Å²) < 4.78 is 38.2. The molecule has 2 rings (SSSR count). The molecular weight excluding hydrogens is 263 g/mol. The Morgan fingerprint density at radius 2 is 2.21 bits per heavy atom. The summed E-state index contributed by atoms with van der Waals surface area (Å²) in [5.74, 6) is -1.31. The van der Waals surface area contributed by atoms with Crippen LogP contribution in [0.5, 0.6) is 0 Å². The number of unbranched alkanes of at least 4 members (excludes halogenated alkanes) is 1. The lowest BCUT2D eigenvalue weighted by molar-refractivity contribution is -0.145. The Balaban J connectivity index is 2.41. The molecule has 0 atom stereocenters. The molecule has 0 radical (unpaired) electrons. The first-order valence-electron chi connectivity index (χ1n) is 5.72. The smallest absolute Gasteiger partial charge is 0.370 e. The highest BCUT2D eigenvalue weighted by Gasteiger charge is 2.37. The number of fused-ring (bicyclic) bond motifs is 1. The summed E-state index contributed by atoms with van der Waals surface area (Å²) >= 11 is 0. The van der Waals surface area contributed by atoms with Crippen LogP contribution >= 0.6 is 0 Å². The van der Waals surface area contributed by atoms with Gasteiger partial charge in [0.1, 0.15) is 5.82 Å². The molecule has 0 spiro atoms. The average molecular weight is 275 g/mol. The maximum Gasteiger partial charge on any atom is 0.452 e. The quantitative estimate of drug-likeness (QED) is 0.832. The molecule has 2 aromatic rings. The van der Waals surface area contributed by atoms with Crippen LogP contribution in [0.15, 0.2) is 10.9 Å². The Labute approximate surface area is 105 Å². The summed E-state index contributed by atoms with van der Waals surface area (Å²) in [5.41, 5.74) is -0.829. The summed E-state index contributed by atoms with van der Waals surface area (Å²) in [6.45, 7) is 2.59. The highest BCUT2D eigenvalue weighted by Crippen LogP contribution is 2.26. The first-order valence-corrected chi connectivity index (χ1v) is 5.72. The van der Waals surface area contributed by atoms with Crippen LogP contribution in [-0.4, -0.2) is 26.1 Å². The highest BCUT2D eigenvalue weighted by atomic mass is 19.4. The van der Waals surface area contributed by atoms with Crippen LogP contribution in [0, 0.1) is 0 Å². The standard InChI is InChI=1S/C10H12F3N5O/c1-2-3-4-14-6-5-7(19)18-8(10(11,12)13)16-17-9(18)15-6/h5,14H,2-4H2,1H3,(H,15,17). The van der Waals surface area contributed by atoms with Crippen LogP contribution in [0.2, 0.25) is 0 Å². The Morgan fingerprint density at radius 1 is 1.47 bits per heavy atom. The molecule has 0 unspecified atom stereocenters. The van der Waals surface area contributed by atoms with Crippen molar-refractivity contribution in [3.05, 3.63) is 22.2 Å². The number of rotatable bonds is 4. The van der Waals surface area contributed by atoms with Gasteiger partial charge in [0.15, 0.2) is 0 Å². The number of halogens is 3. The molecule has 0 saturated carbocycles. The molecule has 0 aromatic carbocycles. The van der Waals surface area contributed by atoms with E-state index in [2.05, 4.69) is 20.5 Å². The van der Waals surface area contributed by atoms with Crippen molar-refractivity contribution in [2.24, 2.45) is 0 Å². The number of nitrogens with zero attached hydrogens (tertiary/aromatic N) is 3. The third-order valence-corrected chi connectivity index (χ3v) is 2.48. The lowest BCUT2D eigenvalue weighted by atomic mass is 10.3. The van der Waals surface area contributed by atoms with Crippen molar-refractivity contribution in [3.63, 3.8) is 0 Å². The van der Waals surface area contributed by atoms with Crippen molar-refractivity contribution in [1.29, 1.82) is 0 Å². The fourth-order valence-corrected chi connectivity index (χ4v) is 1.59. The molecule has 2 heterocycles. The van der Waals surface area contributed by atoms with E-state index in [1.54, 1.807) is 0 Å². The van der Waals surface area contributed by atoms with Gasteiger partial charge in [-0.3, -0.25) is 4.79 Å². The van der Waals surface area contributed by atoms with Gasteiger partial charge in [0.05, 0.1) is 0 Å². The van der Waals surface area contributed by atoms with Crippen LogP contribution in [0.1, 0.15) is 25.6 Å². The van der Waals surface area contributed by atoms with E-state index in [9.17, 15) is 18.0 Å². The second-order valence-electron chi connectivity index (χ2n) is 3.96. The lowest BCUT2D eigenvalue weighted by Crippen LogP contribution is -2.21. The summed E-state index contributed by atoms with van der Waals surface area (Å²) in [6, 6.07) is 1.02. The summed E-state index contributed by atoms with van der Waals surface area (Å²) in [6.07, 6.45) is -2.88. The maximum absolute atomic E-state index is 12.6. The molecule has 0 saturated heterocycles. The van der Waals surface area contributed by atoms with Gasteiger partial charge in [-0.1, -0.05) is 13.3 Å². The molecule has 6 nitrogen and oxygen atoms in total. The van der Waals surface area contributed by atoms with Crippen LogP contribution in [0.25, 0.3) is 5.78 Å². The molecule has 2 N–H and O–H groups in total. The Morgan fingerprint density at radius 3 is 2.84 bits per heavy atom. The molecule has 9 heteroatoms. The Kier molecular flexibility index (Phi) is 3.45. The molecule has 0 bridgehead atoms. The van der Waals surface area contributed by atoms with Gasteiger partial charge in [-0.15, -0.1) is 5.10 Å². The average Bonchev–Trinajstić information content (AvgIpc) is 2.73. The third kappa shape index (κ3) is 2.69. The summed E-state index contributed by atoms with van der Waals surface area (Å²) in [7, 11) is 0. The second kappa shape index (κ2) is 4.90. The lowest BCUT2D eigenvalue weighted by Gasteiger charge is -2.05. The molecule has 0 aliphatic rings. The number of aromatic amines is 1. The van der Waals surface area contributed by atoms with Crippen molar-refractivity contribution < 1.29 is 13.2 Å². The topological polar surface area (TPSA) is 75.1 Å². The Bertz CT molecular complexity index is 630. The summed E-state index contributed by atoms with van der Waals surface area (Å²) in [5, 5.41) is 8.07. The fraction of sp³-hybridized carbons (Fsp3) is 0.500. The van der Waals surface area contributed by atoms with Crippen molar-refractivity contribution in [2.75, 3.05) is 11.9 Å². The first-order chi connectivity index (χ1) is 8.93. The van der Waals surface area contributed by atoms with Gasteiger partial charge in [-0.25, -0.2) is 9.50 Å². The largest absolute Gasteiger partial charge is 0.452 e. The van der Waals surface area contributed by atoms with Crippen LogP contribution in [-0.2, 0) is 6.18 Å². The van der Waals surface area contributed by atoms with Gasteiger partial charge in [0.2, 0.25) is 11.6 Å². The van der Waals surface area contributed by atoms with Gasteiger partial charge in [-0.2, -0.15) is 18.2 Å². The SMILES string of the molecule is CCCCNc1cc(=O)n2c(C(F)(F)F)n[nH]c2n1. The monoisotopic (exact) mass is 275 g/mol. The number of nitrogens with one attached hydrogen (secondary N) is 2. The van der Waals surface area contributed by atoms with Crippen molar-refractivity contribution in [1.82, 2.24) is 19.6 Å². The molecule has 19 heavy (non-hydrogen) atoms. The van der Waals surface area contributed by atoms with Gasteiger partial charge in [-0.05, 0) is 6.42 Å². The molecule has 0 fully saturated rings. The van der Waals surface area contributed by atoms with E-state index in [-0.39, 0.29) is 11.6 Å². The number of H-pyrrole nitrogens is 1. The van der Waals surface area contributed by atoms with E-state index >= 15 is 0 Å². The van der Waals surface area contributed by atoms with E-state index in [1.165, 1.54) is 0 Å². The predicted molar refractivity (Wildman–Crippen MR) is 62.0 cm³/mol. The van der Waals surface area contributed by atoms with E-state index in [0.717, 1.165) is 18.9 Å². The molecule has 2 aromatic heterocycles. The minimum Gasteiger partial charge on any atom is -0.370 e. The van der Waals surface area contributed by atoms with Crippen molar-refractivity contribution in [2.45, 2.75) is 25.9 Å². The zero-order chi connectivity index (χ0) is 14.0. The minimum absolute atomic E-state index is 0.232. The highest BCUT2D eigenvalue weighted by molar-refractivity contribution is 5.42. The van der Waals surface area contributed by atoms with Crippen LogP contribution in [0.3, 0.4) is 0 Å². The second-order valence-corrected chi connectivity index (χ2v) is 3.96. The van der Waals surface area contributed by atoms with E-state index < -0.39 is 17.6 Å².